The highest BCUT2D eigenvalue weighted by Crippen LogP contribution is 2.30. The van der Waals surface area contributed by atoms with Crippen molar-refractivity contribution in [2.45, 2.75) is 27.2 Å². The molecule has 2 rings (SSSR count). The van der Waals surface area contributed by atoms with Crippen molar-refractivity contribution in [1.29, 1.82) is 0 Å². The van der Waals surface area contributed by atoms with Gasteiger partial charge in [-0.15, -0.1) is 0 Å². The molecule has 0 aliphatic rings. The van der Waals surface area contributed by atoms with Gasteiger partial charge in [0, 0.05) is 5.56 Å². The zero-order valence-electron chi connectivity index (χ0n) is 9.78. The van der Waals surface area contributed by atoms with Crippen LogP contribution in [0.2, 0.25) is 0 Å². The summed E-state index contributed by atoms with van der Waals surface area (Å²) in [5.41, 5.74) is 7.42. The number of anilines is 1. The van der Waals surface area contributed by atoms with Gasteiger partial charge in [0.1, 0.15) is 5.76 Å². The van der Waals surface area contributed by atoms with Crippen molar-refractivity contribution < 1.29 is 8.94 Å². The molecule has 2 aromatic heterocycles. The highest BCUT2D eigenvalue weighted by atomic mass is 16.5. The molecule has 0 aliphatic heterocycles. The number of hydrogen-bond acceptors (Lipinski definition) is 4. The molecule has 4 heteroatoms. The molecular weight excluding hydrogens is 204 g/mol. The van der Waals surface area contributed by atoms with Crippen molar-refractivity contribution >= 4 is 5.88 Å². The van der Waals surface area contributed by atoms with E-state index in [1.165, 1.54) is 0 Å². The maximum Gasteiger partial charge on any atom is 0.226 e. The van der Waals surface area contributed by atoms with Crippen molar-refractivity contribution in [1.82, 2.24) is 5.16 Å². The number of nitrogens with two attached hydrogens (primary N) is 1. The monoisotopic (exact) mass is 220 g/mol. The summed E-state index contributed by atoms with van der Waals surface area (Å²) < 4.78 is 10.6. The summed E-state index contributed by atoms with van der Waals surface area (Å²) in [6.07, 6.45) is 0.838. The van der Waals surface area contributed by atoms with E-state index in [4.69, 9.17) is 14.7 Å². The van der Waals surface area contributed by atoms with Crippen LogP contribution in [0.15, 0.2) is 21.1 Å². The van der Waals surface area contributed by atoms with Crippen LogP contribution >= 0.6 is 0 Å². The van der Waals surface area contributed by atoms with Crippen LogP contribution in [0, 0.1) is 12.8 Å². The molecule has 2 aromatic rings. The smallest absolute Gasteiger partial charge is 0.226 e. The standard InChI is InChI=1S/C12H16N2O2/c1-7(2)6-9-11(14-16-12(9)13)10-5-4-8(3)15-10/h4-5,7H,6,13H2,1-3H3. The van der Waals surface area contributed by atoms with E-state index >= 15 is 0 Å². The lowest BCUT2D eigenvalue weighted by Gasteiger charge is -2.03. The Kier molecular flexibility index (Phi) is 2.73. The van der Waals surface area contributed by atoms with E-state index < -0.39 is 0 Å². The van der Waals surface area contributed by atoms with Gasteiger partial charge in [-0.1, -0.05) is 19.0 Å². The third kappa shape index (κ3) is 1.96. The van der Waals surface area contributed by atoms with E-state index in [0.29, 0.717) is 17.6 Å². The Hall–Kier alpha value is -1.71. The third-order valence-electron chi connectivity index (χ3n) is 2.40. The van der Waals surface area contributed by atoms with E-state index in [-0.39, 0.29) is 0 Å². The van der Waals surface area contributed by atoms with Gasteiger partial charge in [-0.2, -0.15) is 0 Å². The van der Waals surface area contributed by atoms with Crippen molar-refractivity contribution in [3.05, 3.63) is 23.5 Å². The average molecular weight is 220 g/mol. The van der Waals surface area contributed by atoms with Crippen LogP contribution in [0.25, 0.3) is 11.5 Å². The number of aryl methyl sites for hydroxylation is 1. The van der Waals surface area contributed by atoms with Crippen LogP contribution in [0.4, 0.5) is 5.88 Å². The summed E-state index contributed by atoms with van der Waals surface area (Å²) in [4.78, 5) is 0. The molecule has 2 N–H and O–H groups in total. The number of hydrogen-bond donors (Lipinski definition) is 1. The van der Waals surface area contributed by atoms with Gasteiger partial charge in [0.2, 0.25) is 5.88 Å². The number of aromatic nitrogens is 1. The minimum atomic E-state index is 0.387. The molecule has 0 fully saturated rings. The van der Waals surface area contributed by atoms with Gasteiger partial charge >= 0.3 is 0 Å². The highest BCUT2D eigenvalue weighted by molar-refractivity contribution is 5.62. The van der Waals surface area contributed by atoms with Crippen LogP contribution in [-0.4, -0.2) is 5.16 Å². The SMILES string of the molecule is Cc1ccc(-c2noc(N)c2CC(C)C)o1. The molecule has 0 aromatic carbocycles. The Morgan fingerprint density at radius 2 is 2.12 bits per heavy atom. The molecular formula is C12H16N2O2. The molecule has 0 saturated carbocycles. The number of nitrogens with zero attached hydrogens (tertiary/aromatic N) is 1. The quantitative estimate of drug-likeness (QED) is 0.863. The lowest BCUT2D eigenvalue weighted by Crippen LogP contribution is -1.98. The van der Waals surface area contributed by atoms with E-state index in [2.05, 4.69) is 19.0 Å². The van der Waals surface area contributed by atoms with Gasteiger partial charge in [0.15, 0.2) is 11.5 Å². The molecule has 0 amide bonds. The molecule has 0 atom stereocenters. The predicted molar refractivity (Wildman–Crippen MR) is 61.9 cm³/mol. The van der Waals surface area contributed by atoms with Crippen LogP contribution < -0.4 is 5.73 Å². The van der Waals surface area contributed by atoms with Gasteiger partial charge in [-0.25, -0.2) is 0 Å². The molecule has 4 nitrogen and oxygen atoms in total. The first kappa shape index (κ1) is 10.8. The van der Waals surface area contributed by atoms with Crippen molar-refractivity contribution in [3.63, 3.8) is 0 Å². The van der Waals surface area contributed by atoms with Gasteiger partial charge < -0.3 is 14.7 Å². The first-order valence-electron chi connectivity index (χ1n) is 5.38. The summed E-state index contributed by atoms with van der Waals surface area (Å²) in [5.74, 6) is 2.45. The van der Waals surface area contributed by atoms with Crippen molar-refractivity contribution in [3.8, 4) is 11.5 Å². The van der Waals surface area contributed by atoms with Crippen molar-refractivity contribution in [2.75, 3.05) is 5.73 Å². The molecule has 0 bridgehead atoms. The molecule has 0 unspecified atom stereocenters. The zero-order chi connectivity index (χ0) is 11.7. The number of furan rings is 1. The fourth-order valence-corrected chi connectivity index (χ4v) is 1.68. The molecule has 0 spiro atoms. The Bertz CT molecular complexity index is 483. The Morgan fingerprint density at radius 1 is 1.38 bits per heavy atom. The molecule has 2 heterocycles. The lowest BCUT2D eigenvalue weighted by molar-refractivity contribution is 0.434. The minimum Gasteiger partial charge on any atom is -0.460 e. The Morgan fingerprint density at radius 3 is 2.69 bits per heavy atom. The maximum atomic E-state index is 5.76. The second-order valence-corrected chi connectivity index (χ2v) is 4.38. The summed E-state index contributed by atoms with van der Waals surface area (Å²) in [6, 6.07) is 3.79. The molecule has 0 saturated heterocycles. The van der Waals surface area contributed by atoms with Crippen LogP contribution in [-0.2, 0) is 6.42 Å². The summed E-state index contributed by atoms with van der Waals surface area (Å²) in [5, 5.41) is 3.96. The van der Waals surface area contributed by atoms with E-state index in [1.807, 2.05) is 19.1 Å². The second kappa shape index (κ2) is 4.04. The normalized spacial score (nSPS) is 11.2. The topological polar surface area (TPSA) is 65.2 Å². The fourth-order valence-electron chi connectivity index (χ4n) is 1.68. The van der Waals surface area contributed by atoms with Crippen LogP contribution in [0.3, 0.4) is 0 Å². The zero-order valence-corrected chi connectivity index (χ0v) is 9.78. The summed E-state index contributed by atoms with van der Waals surface area (Å²) in [6.45, 7) is 6.16. The van der Waals surface area contributed by atoms with Crippen LogP contribution in [0.1, 0.15) is 25.2 Å². The Labute approximate surface area is 94.4 Å². The van der Waals surface area contributed by atoms with E-state index in [9.17, 15) is 0 Å². The van der Waals surface area contributed by atoms with Gasteiger partial charge in [0.05, 0.1) is 0 Å². The van der Waals surface area contributed by atoms with Gasteiger partial charge in [-0.05, 0) is 31.4 Å². The molecule has 16 heavy (non-hydrogen) atoms. The van der Waals surface area contributed by atoms with Crippen LogP contribution in [0.5, 0.6) is 0 Å². The number of nitrogen functional groups attached to an aromatic ring is 1. The van der Waals surface area contributed by atoms with E-state index in [0.717, 1.165) is 23.4 Å². The maximum absolute atomic E-state index is 5.76. The third-order valence-corrected chi connectivity index (χ3v) is 2.40. The van der Waals surface area contributed by atoms with Gasteiger partial charge in [-0.3, -0.25) is 0 Å². The summed E-state index contributed by atoms with van der Waals surface area (Å²) >= 11 is 0. The predicted octanol–water partition coefficient (Wildman–Crippen LogP) is 3.02. The minimum absolute atomic E-state index is 0.387. The van der Waals surface area contributed by atoms with Gasteiger partial charge in [0.25, 0.3) is 0 Å². The summed E-state index contributed by atoms with van der Waals surface area (Å²) in [7, 11) is 0. The Balaban J connectivity index is 2.41. The number of rotatable bonds is 3. The fraction of sp³-hybridized carbons (Fsp3) is 0.417. The molecule has 0 radical (unpaired) electrons. The first-order chi connectivity index (χ1) is 7.58. The molecule has 0 aliphatic carbocycles. The lowest BCUT2D eigenvalue weighted by atomic mass is 10.0. The second-order valence-electron chi connectivity index (χ2n) is 4.38. The average Bonchev–Trinajstić information content (AvgIpc) is 2.75. The molecule has 86 valence electrons. The largest absolute Gasteiger partial charge is 0.460 e. The van der Waals surface area contributed by atoms with Crippen molar-refractivity contribution in [2.24, 2.45) is 5.92 Å². The highest BCUT2D eigenvalue weighted by Gasteiger charge is 2.18. The van der Waals surface area contributed by atoms with E-state index in [1.54, 1.807) is 0 Å². The first-order valence-corrected chi connectivity index (χ1v) is 5.38.